The molecule has 42 heavy (non-hydrogen) atoms. The molecule has 1 N–H and O–H groups in total. The van der Waals surface area contributed by atoms with Crippen LogP contribution in [0, 0.1) is 6.92 Å². The Morgan fingerprint density at radius 3 is 2.19 bits per heavy atom. The lowest BCUT2D eigenvalue weighted by Crippen LogP contribution is -2.12. The van der Waals surface area contributed by atoms with E-state index in [0.717, 1.165) is 41.5 Å². The molecule has 0 aliphatic heterocycles. The van der Waals surface area contributed by atoms with Crippen LogP contribution in [0.2, 0.25) is 0 Å². The average molecular weight is 587 g/mol. The maximum atomic E-state index is 12.5. The lowest BCUT2D eigenvalue weighted by atomic mass is 10.0. The van der Waals surface area contributed by atoms with Gasteiger partial charge in [0.2, 0.25) is 5.76 Å². The third-order valence-corrected chi connectivity index (χ3v) is 7.71. The molecule has 0 fully saturated rings. The highest BCUT2D eigenvalue weighted by Crippen LogP contribution is 2.26. The van der Waals surface area contributed by atoms with Gasteiger partial charge in [0.25, 0.3) is 0 Å². The van der Waals surface area contributed by atoms with Crippen molar-refractivity contribution in [3.05, 3.63) is 136 Å². The minimum absolute atomic E-state index is 0.160. The van der Waals surface area contributed by atoms with Gasteiger partial charge in [-0.05, 0) is 78.3 Å². The van der Waals surface area contributed by atoms with E-state index in [1.165, 1.54) is 13.2 Å². The summed E-state index contributed by atoms with van der Waals surface area (Å²) >= 11 is 0. The fourth-order valence-corrected chi connectivity index (χ4v) is 5.42. The fourth-order valence-electron chi connectivity index (χ4n) is 4.36. The van der Waals surface area contributed by atoms with Crippen LogP contribution < -0.4 is 8.92 Å². The Morgan fingerprint density at radius 1 is 0.833 bits per heavy atom. The Kier molecular flexibility index (Phi) is 10.4. The van der Waals surface area contributed by atoms with Crippen LogP contribution in [0.25, 0.3) is 6.08 Å². The largest absolute Gasteiger partial charge is 0.490 e. The van der Waals surface area contributed by atoms with E-state index in [9.17, 15) is 18.3 Å². The Labute approximate surface area is 247 Å². The van der Waals surface area contributed by atoms with Gasteiger partial charge >= 0.3 is 16.1 Å². The van der Waals surface area contributed by atoms with Crippen LogP contribution in [-0.4, -0.2) is 26.6 Å². The molecular formula is C34H34O7S. The van der Waals surface area contributed by atoms with Crippen LogP contribution in [0.15, 0.2) is 103 Å². The highest BCUT2D eigenvalue weighted by atomic mass is 32.2. The van der Waals surface area contributed by atoms with Crippen molar-refractivity contribution in [2.45, 2.75) is 38.5 Å². The Hall–Kier alpha value is -4.56. The smallest absolute Gasteiger partial charge is 0.371 e. The van der Waals surface area contributed by atoms with E-state index in [4.69, 9.17) is 13.7 Å². The number of aliphatic carboxylic acids is 1. The summed E-state index contributed by atoms with van der Waals surface area (Å²) in [7, 11) is -2.45. The molecule has 4 aromatic carbocycles. The highest BCUT2D eigenvalue weighted by molar-refractivity contribution is 7.86. The maximum absolute atomic E-state index is 12.5. The molecule has 218 valence electrons. The third kappa shape index (κ3) is 9.24. The van der Waals surface area contributed by atoms with E-state index in [1.807, 2.05) is 79.7 Å². The maximum Gasteiger partial charge on any atom is 0.371 e. The molecule has 0 bridgehead atoms. The van der Waals surface area contributed by atoms with E-state index in [0.29, 0.717) is 23.5 Å². The summed E-state index contributed by atoms with van der Waals surface area (Å²) in [6, 6.07) is 29.8. The number of hydrogen-bond donors (Lipinski definition) is 1. The second kappa shape index (κ2) is 14.4. The quantitative estimate of drug-likeness (QED) is 0.0994. The first-order valence-electron chi connectivity index (χ1n) is 13.6. The van der Waals surface area contributed by atoms with Crippen molar-refractivity contribution in [2.75, 3.05) is 7.11 Å². The molecular weight excluding hydrogens is 552 g/mol. The van der Waals surface area contributed by atoms with Crippen molar-refractivity contribution in [2.24, 2.45) is 0 Å². The predicted octanol–water partition coefficient (Wildman–Crippen LogP) is 6.73. The normalized spacial score (nSPS) is 11.6. The summed E-state index contributed by atoms with van der Waals surface area (Å²) in [6.07, 6.45) is 3.78. The van der Waals surface area contributed by atoms with Crippen molar-refractivity contribution in [1.29, 1.82) is 0 Å². The van der Waals surface area contributed by atoms with Gasteiger partial charge in [0, 0.05) is 0 Å². The van der Waals surface area contributed by atoms with Crippen LogP contribution in [0.5, 0.6) is 11.5 Å². The molecule has 8 heteroatoms. The van der Waals surface area contributed by atoms with E-state index < -0.39 is 16.1 Å². The van der Waals surface area contributed by atoms with E-state index in [-0.39, 0.29) is 17.3 Å². The van der Waals surface area contributed by atoms with E-state index in [1.54, 1.807) is 24.3 Å². The topological polar surface area (TPSA) is 99.1 Å². The third-order valence-electron chi connectivity index (χ3n) is 6.58. The predicted molar refractivity (Wildman–Crippen MR) is 163 cm³/mol. The van der Waals surface area contributed by atoms with Crippen molar-refractivity contribution in [3.63, 3.8) is 0 Å². The van der Waals surface area contributed by atoms with Crippen molar-refractivity contribution in [3.8, 4) is 11.5 Å². The number of ether oxygens (including phenoxy) is 2. The van der Waals surface area contributed by atoms with Crippen molar-refractivity contribution >= 4 is 22.2 Å². The van der Waals surface area contributed by atoms with Gasteiger partial charge in [0.05, 0.1) is 7.11 Å². The fraction of sp³-hybridized carbons (Fsp3) is 0.206. The van der Waals surface area contributed by atoms with Gasteiger partial charge in [-0.25, -0.2) is 4.79 Å². The van der Waals surface area contributed by atoms with Gasteiger partial charge < -0.3 is 18.8 Å². The molecule has 0 saturated heterocycles. The molecule has 0 aliphatic rings. The molecule has 0 aromatic heterocycles. The summed E-state index contributed by atoms with van der Waals surface area (Å²) in [4.78, 5) is 11.4. The monoisotopic (exact) mass is 586 g/mol. The molecule has 4 rings (SSSR count). The summed E-state index contributed by atoms with van der Waals surface area (Å²) in [6.45, 7) is 2.33. The number of carboxylic acids is 1. The summed E-state index contributed by atoms with van der Waals surface area (Å²) in [5.41, 5.74) is 5.48. The molecule has 0 saturated carbocycles. The standard InChI is InChI=1S/C34H34O7S/c1-25-11-13-28(14-12-25)24-42(37,38)41-31-19-16-26(17-20-31)9-6-10-30-18-15-29(22-33(39-2)34(35)36)21-32(30)40-23-27-7-4-3-5-8-27/h3-5,7-8,11-22H,6,9-10,23-24H2,1-2H3,(H,35,36)/b33-22+. The molecule has 0 aliphatic carbocycles. The SMILES string of the molecule is CO/C(=C/c1ccc(CCCc2ccc(OS(=O)(=O)Cc3ccc(C)cc3)cc2)c(OCc2ccccc2)c1)C(=O)O. The number of benzene rings is 4. The van der Waals surface area contributed by atoms with Gasteiger partial charge in [-0.15, -0.1) is 0 Å². The zero-order chi connectivity index (χ0) is 30.0. The molecule has 0 unspecified atom stereocenters. The molecule has 0 atom stereocenters. The second-order valence-corrected chi connectivity index (χ2v) is 11.5. The minimum atomic E-state index is -3.77. The summed E-state index contributed by atoms with van der Waals surface area (Å²) in [5.74, 6) is -0.541. The van der Waals surface area contributed by atoms with Crippen LogP contribution in [0.1, 0.15) is 39.8 Å². The van der Waals surface area contributed by atoms with Gasteiger partial charge in [-0.1, -0.05) is 84.4 Å². The van der Waals surface area contributed by atoms with Crippen LogP contribution >= 0.6 is 0 Å². The Morgan fingerprint density at radius 2 is 1.52 bits per heavy atom. The van der Waals surface area contributed by atoms with Crippen molar-refractivity contribution < 1.29 is 32.0 Å². The lowest BCUT2D eigenvalue weighted by molar-refractivity contribution is -0.135. The number of hydrogen-bond acceptors (Lipinski definition) is 6. The van der Waals surface area contributed by atoms with Gasteiger partial charge in [0.15, 0.2) is 0 Å². The van der Waals surface area contributed by atoms with Crippen LogP contribution in [0.4, 0.5) is 0 Å². The molecule has 7 nitrogen and oxygen atoms in total. The zero-order valence-electron chi connectivity index (χ0n) is 23.7. The summed E-state index contributed by atoms with van der Waals surface area (Å²) < 4.78 is 41.5. The first-order chi connectivity index (χ1) is 20.2. The first-order valence-corrected chi connectivity index (χ1v) is 15.1. The average Bonchev–Trinajstić information content (AvgIpc) is 2.97. The zero-order valence-corrected chi connectivity index (χ0v) is 24.5. The summed E-state index contributed by atoms with van der Waals surface area (Å²) in [5, 5.41) is 9.31. The molecule has 4 aromatic rings. The number of methoxy groups -OCH3 is 1. The molecule has 0 heterocycles. The number of rotatable bonds is 14. The van der Waals surface area contributed by atoms with E-state index >= 15 is 0 Å². The Balaban J connectivity index is 1.39. The number of carboxylic acid groups (broad SMARTS) is 1. The lowest BCUT2D eigenvalue weighted by Gasteiger charge is -2.13. The second-order valence-electron chi connectivity index (χ2n) is 9.93. The van der Waals surface area contributed by atoms with Gasteiger partial charge in [0.1, 0.15) is 23.9 Å². The highest BCUT2D eigenvalue weighted by Gasteiger charge is 2.15. The van der Waals surface area contributed by atoms with Crippen molar-refractivity contribution in [1.82, 2.24) is 0 Å². The Bertz CT molecular complexity index is 1610. The number of carbonyl (C=O) groups is 1. The van der Waals surface area contributed by atoms with Gasteiger partial charge in [-0.3, -0.25) is 0 Å². The molecule has 0 spiro atoms. The molecule has 0 radical (unpaired) electrons. The van der Waals surface area contributed by atoms with Crippen LogP contribution in [0.3, 0.4) is 0 Å². The minimum Gasteiger partial charge on any atom is -0.490 e. The molecule has 0 amide bonds. The van der Waals surface area contributed by atoms with Crippen LogP contribution in [-0.2, 0) is 44.9 Å². The number of aryl methyl sites for hydroxylation is 3. The first kappa shape index (κ1) is 30.4. The van der Waals surface area contributed by atoms with Gasteiger partial charge in [-0.2, -0.15) is 8.42 Å². The van der Waals surface area contributed by atoms with E-state index in [2.05, 4.69) is 0 Å².